The van der Waals surface area contributed by atoms with Crippen LogP contribution in [0.15, 0.2) is 9.89 Å². The Balaban J connectivity index is 1.62. The van der Waals surface area contributed by atoms with Crippen LogP contribution in [-0.2, 0) is 21.2 Å². The second-order valence-corrected chi connectivity index (χ2v) is 11.6. The summed E-state index contributed by atoms with van der Waals surface area (Å²) in [6, 6.07) is 0.327. The normalized spacial score (nSPS) is 20.0. The molecule has 0 unspecified atom stereocenters. The zero-order valence-corrected chi connectivity index (χ0v) is 21.6. The van der Waals surface area contributed by atoms with Crippen molar-refractivity contribution in [3.8, 4) is 5.75 Å². The molecule has 8 nitrogen and oxygen atoms in total. The zero-order chi connectivity index (χ0) is 24.6. The monoisotopic (exact) mass is 478 g/mol. The molecule has 1 aromatic rings. The van der Waals surface area contributed by atoms with Gasteiger partial charge in [-0.1, -0.05) is 0 Å². The van der Waals surface area contributed by atoms with Crippen LogP contribution in [0.1, 0.15) is 75.1 Å². The molecule has 184 valence electrons. The number of sulfonamides is 1. The maximum atomic E-state index is 13.2. The number of nitrogens with zero attached hydrogens (tertiary/aromatic N) is 2. The molecule has 0 spiro atoms. The fraction of sp³-hybridized carbons (Fsp3) is 0.667. The summed E-state index contributed by atoms with van der Waals surface area (Å²) >= 11 is 0. The van der Waals surface area contributed by atoms with Crippen LogP contribution in [-0.4, -0.2) is 49.9 Å². The average molecular weight is 479 g/mol. The molecule has 3 N–H and O–H groups in total. The van der Waals surface area contributed by atoms with Crippen molar-refractivity contribution in [2.75, 3.05) is 13.1 Å². The molecule has 33 heavy (non-hydrogen) atoms. The highest BCUT2D eigenvalue weighted by Gasteiger charge is 2.36. The van der Waals surface area contributed by atoms with E-state index < -0.39 is 10.0 Å². The maximum Gasteiger partial charge on any atom is 0.264 e. The Morgan fingerprint density at radius 2 is 1.91 bits per heavy atom. The number of guanidine groups is 1. The molecule has 9 heteroatoms. The highest BCUT2D eigenvalue weighted by Crippen LogP contribution is 2.43. The third kappa shape index (κ3) is 5.45. The van der Waals surface area contributed by atoms with Gasteiger partial charge in [0.05, 0.1) is 4.90 Å². The number of likely N-dealkylation sites (tertiary alicyclic amines) is 1. The summed E-state index contributed by atoms with van der Waals surface area (Å²) in [6.07, 6.45) is 4.64. The second kappa shape index (κ2) is 9.52. The smallest absolute Gasteiger partial charge is 0.264 e. The minimum Gasteiger partial charge on any atom is -0.487 e. The summed E-state index contributed by atoms with van der Waals surface area (Å²) in [4.78, 5) is 18.6. The molecule has 1 saturated heterocycles. The van der Waals surface area contributed by atoms with E-state index in [9.17, 15) is 13.2 Å². The molecular formula is C24H38N4O4S. The van der Waals surface area contributed by atoms with Gasteiger partial charge in [0.15, 0.2) is 0 Å². The van der Waals surface area contributed by atoms with Crippen molar-refractivity contribution in [1.29, 1.82) is 0 Å². The fourth-order valence-corrected chi connectivity index (χ4v) is 6.43. The molecule has 0 bridgehead atoms. The van der Waals surface area contributed by atoms with E-state index in [1.54, 1.807) is 6.92 Å². The predicted molar refractivity (Wildman–Crippen MR) is 130 cm³/mol. The molecule has 2 aliphatic heterocycles. The number of benzene rings is 1. The molecule has 2 aliphatic rings. The number of carbonyl (C=O) groups excluding carboxylic acids is 1. The summed E-state index contributed by atoms with van der Waals surface area (Å²) in [7, 11) is -3.90. The molecule has 1 aromatic carbocycles. The Bertz CT molecular complexity index is 1060. The van der Waals surface area contributed by atoms with E-state index in [0.29, 0.717) is 49.4 Å². The molecule has 0 aromatic heterocycles. The standard InChI is InChI=1S/C24H38N4O4S/c1-15-10-9-13-28(15)20(29)11-7-8-12-26-23(25)27-33(30,31)22-17(3)16(2)21-19(18(22)4)14-24(5,6)32-21/h15H,7-14H2,1-6H3,(H3,25,26,27)/t15-/m0/s1. The summed E-state index contributed by atoms with van der Waals surface area (Å²) in [5.74, 6) is 0.833. The number of nitrogens with two attached hydrogens (primary N) is 1. The van der Waals surface area contributed by atoms with Gasteiger partial charge < -0.3 is 15.4 Å². The molecule has 1 atom stereocenters. The van der Waals surface area contributed by atoms with Crippen LogP contribution < -0.4 is 15.2 Å². The van der Waals surface area contributed by atoms with E-state index in [4.69, 9.17) is 10.5 Å². The molecule has 0 radical (unpaired) electrons. The van der Waals surface area contributed by atoms with Crippen molar-refractivity contribution < 1.29 is 17.9 Å². The van der Waals surface area contributed by atoms with Crippen molar-refractivity contribution in [1.82, 2.24) is 9.62 Å². The summed E-state index contributed by atoms with van der Waals surface area (Å²) in [6.45, 7) is 12.8. The van der Waals surface area contributed by atoms with Gasteiger partial charge in [-0.3, -0.25) is 9.79 Å². The third-order valence-corrected chi connectivity index (χ3v) is 8.38. The first-order chi connectivity index (χ1) is 15.3. The molecule has 2 heterocycles. The first kappa shape index (κ1) is 25.3. The van der Waals surface area contributed by atoms with Crippen LogP contribution in [0.25, 0.3) is 0 Å². The van der Waals surface area contributed by atoms with Crippen LogP contribution in [0.2, 0.25) is 0 Å². The van der Waals surface area contributed by atoms with E-state index in [1.165, 1.54) is 0 Å². The maximum absolute atomic E-state index is 13.2. The van der Waals surface area contributed by atoms with Gasteiger partial charge in [0.25, 0.3) is 10.0 Å². The number of fused-ring (bicyclic) bond motifs is 1. The third-order valence-electron chi connectivity index (χ3n) is 6.75. The van der Waals surface area contributed by atoms with E-state index in [0.717, 1.165) is 36.3 Å². The summed E-state index contributed by atoms with van der Waals surface area (Å²) in [5, 5.41) is 0. The lowest BCUT2D eigenvalue weighted by atomic mass is 9.94. The number of carbonyl (C=O) groups is 1. The van der Waals surface area contributed by atoms with E-state index >= 15 is 0 Å². The number of nitrogens with one attached hydrogen (secondary N) is 1. The average Bonchev–Trinajstić information content (AvgIpc) is 3.28. The SMILES string of the molecule is Cc1c(C)c(S(=O)(=O)NC(N)=NCCCCC(=O)N2CCC[C@@H]2C)c(C)c2c1OC(C)(C)C2. The van der Waals surface area contributed by atoms with Crippen molar-refractivity contribution in [3.05, 3.63) is 22.3 Å². The minimum atomic E-state index is -3.90. The highest BCUT2D eigenvalue weighted by atomic mass is 32.2. The molecule has 1 amide bonds. The van der Waals surface area contributed by atoms with Crippen molar-refractivity contribution in [2.45, 2.75) is 96.6 Å². The minimum absolute atomic E-state index is 0.136. The van der Waals surface area contributed by atoms with Crippen LogP contribution in [0.3, 0.4) is 0 Å². The van der Waals surface area contributed by atoms with E-state index in [-0.39, 0.29) is 22.4 Å². The van der Waals surface area contributed by atoms with Crippen molar-refractivity contribution in [3.63, 3.8) is 0 Å². The zero-order valence-electron chi connectivity index (χ0n) is 20.7. The van der Waals surface area contributed by atoms with Crippen molar-refractivity contribution >= 4 is 21.9 Å². The molecule has 1 fully saturated rings. The summed E-state index contributed by atoms with van der Waals surface area (Å²) < 4.78 is 34.9. The number of rotatable bonds is 7. The Morgan fingerprint density at radius 3 is 2.55 bits per heavy atom. The Kier molecular flexibility index (Phi) is 7.31. The van der Waals surface area contributed by atoms with Gasteiger partial charge in [-0.05, 0) is 83.9 Å². The van der Waals surface area contributed by atoms with Crippen LogP contribution in [0, 0.1) is 20.8 Å². The van der Waals surface area contributed by atoms with Gasteiger partial charge in [0, 0.05) is 37.5 Å². The lowest BCUT2D eigenvalue weighted by Crippen LogP contribution is -2.37. The highest BCUT2D eigenvalue weighted by molar-refractivity contribution is 7.90. The molecule has 3 rings (SSSR count). The van der Waals surface area contributed by atoms with Gasteiger partial charge in [0.1, 0.15) is 11.4 Å². The number of aliphatic imine (C=N–C) groups is 1. The number of ether oxygens (including phenoxy) is 1. The quantitative estimate of drug-likeness (QED) is 0.355. The Hall–Kier alpha value is -2.29. The van der Waals surface area contributed by atoms with Gasteiger partial charge in [-0.25, -0.2) is 13.1 Å². The fourth-order valence-electron chi connectivity index (χ4n) is 4.90. The van der Waals surface area contributed by atoms with Crippen molar-refractivity contribution in [2.24, 2.45) is 10.7 Å². The van der Waals surface area contributed by atoms with E-state index in [2.05, 4.69) is 16.6 Å². The summed E-state index contributed by atoms with van der Waals surface area (Å²) in [5.41, 5.74) is 8.64. The van der Waals surface area contributed by atoms with Crippen LogP contribution in [0.4, 0.5) is 0 Å². The Labute approximate surface area is 198 Å². The molecule has 0 aliphatic carbocycles. The van der Waals surface area contributed by atoms with Gasteiger partial charge in [-0.15, -0.1) is 0 Å². The number of unbranched alkanes of at least 4 members (excludes halogenated alkanes) is 1. The first-order valence-electron chi connectivity index (χ1n) is 11.8. The van der Waals surface area contributed by atoms with Gasteiger partial charge in [-0.2, -0.15) is 0 Å². The first-order valence-corrected chi connectivity index (χ1v) is 13.3. The number of hydrogen-bond acceptors (Lipinski definition) is 5. The molecule has 0 saturated carbocycles. The number of hydrogen-bond donors (Lipinski definition) is 2. The lowest BCUT2D eigenvalue weighted by molar-refractivity contribution is -0.131. The largest absolute Gasteiger partial charge is 0.487 e. The second-order valence-electron chi connectivity index (χ2n) is 9.96. The Morgan fingerprint density at radius 1 is 1.21 bits per heavy atom. The topological polar surface area (TPSA) is 114 Å². The van der Waals surface area contributed by atoms with Gasteiger partial charge in [0.2, 0.25) is 11.9 Å². The van der Waals surface area contributed by atoms with E-state index in [1.807, 2.05) is 32.6 Å². The van der Waals surface area contributed by atoms with Crippen LogP contribution in [0.5, 0.6) is 5.75 Å². The van der Waals surface area contributed by atoms with Gasteiger partial charge >= 0.3 is 0 Å². The molecular weight excluding hydrogens is 440 g/mol. The van der Waals surface area contributed by atoms with Crippen LogP contribution >= 0.6 is 0 Å². The number of amides is 1. The lowest BCUT2D eigenvalue weighted by Gasteiger charge is -2.21. The predicted octanol–water partition coefficient (Wildman–Crippen LogP) is 3.10.